The second-order valence-corrected chi connectivity index (χ2v) is 6.96. The Morgan fingerprint density at radius 2 is 1.63 bits per heavy atom. The number of carbonyl (C=O) groups is 2. The third kappa shape index (κ3) is 6.32. The van der Waals surface area contributed by atoms with Gasteiger partial charge < -0.3 is 10.6 Å². The first kappa shape index (κ1) is 20.8. The van der Waals surface area contributed by atoms with Crippen molar-refractivity contribution in [1.82, 2.24) is 10.6 Å². The van der Waals surface area contributed by atoms with E-state index in [1.54, 1.807) is 24.3 Å². The van der Waals surface area contributed by atoms with Crippen molar-refractivity contribution >= 4 is 23.4 Å². The molecule has 0 heterocycles. The fourth-order valence-corrected chi connectivity index (χ4v) is 2.68. The first-order valence-corrected chi connectivity index (χ1v) is 8.93. The summed E-state index contributed by atoms with van der Waals surface area (Å²) < 4.78 is 26.4. The fraction of sp³-hybridized carbons (Fsp3) is 0.300. The van der Waals surface area contributed by atoms with E-state index >= 15 is 0 Å². The Labute approximate surface area is 161 Å². The van der Waals surface area contributed by atoms with Crippen molar-refractivity contribution in [2.24, 2.45) is 5.92 Å². The zero-order valence-electron chi connectivity index (χ0n) is 15.1. The molecule has 2 N–H and O–H groups in total. The highest BCUT2D eigenvalue weighted by molar-refractivity contribution is 6.30. The van der Waals surface area contributed by atoms with Crippen LogP contribution in [0.15, 0.2) is 42.5 Å². The van der Waals surface area contributed by atoms with E-state index in [4.69, 9.17) is 11.6 Å². The maximum absolute atomic E-state index is 13.2. The van der Waals surface area contributed by atoms with E-state index in [0.717, 1.165) is 6.07 Å². The van der Waals surface area contributed by atoms with Gasteiger partial charge in [0.25, 0.3) is 5.91 Å². The number of halogens is 3. The van der Waals surface area contributed by atoms with Gasteiger partial charge in [0, 0.05) is 23.2 Å². The van der Waals surface area contributed by atoms with Gasteiger partial charge in [-0.3, -0.25) is 9.59 Å². The van der Waals surface area contributed by atoms with Crippen molar-refractivity contribution in [3.8, 4) is 0 Å². The molecule has 4 nitrogen and oxygen atoms in total. The molecule has 2 rings (SSSR count). The van der Waals surface area contributed by atoms with Crippen LogP contribution in [-0.2, 0) is 11.2 Å². The second-order valence-electron chi connectivity index (χ2n) is 6.52. The molecule has 7 heteroatoms. The molecule has 0 saturated heterocycles. The summed E-state index contributed by atoms with van der Waals surface area (Å²) >= 11 is 5.81. The largest absolute Gasteiger partial charge is 0.354 e. The van der Waals surface area contributed by atoms with Crippen molar-refractivity contribution < 1.29 is 18.4 Å². The van der Waals surface area contributed by atoms with Gasteiger partial charge >= 0.3 is 0 Å². The van der Waals surface area contributed by atoms with Crippen LogP contribution in [0.5, 0.6) is 0 Å². The van der Waals surface area contributed by atoms with E-state index < -0.39 is 17.7 Å². The summed E-state index contributed by atoms with van der Waals surface area (Å²) in [4.78, 5) is 24.8. The number of carbonyl (C=O) groups excluding carboxylic acids is 2. The molecule has 0 fully saturated rings. The number of hydrogen-bond donors (Lipinski definition) is 2. The van der Waals surface area contributed by atoms with Gasteiger partial charge in [-0.1, -0.05) is 25.4 Å². The van der Waals surface area contributed by atoms with Crippen molar-refractivity contribution in [3.63, 3.8) is 0 Å². The lowest BCUT2D eigenvalue weighted by Crippen LogP contribution is -2.50. The lowest BCUT2D eigenvalue weighted by Gasteiger charge is -2.22. The van der Waals surface area contributed by atoms with Gasteiger partial charge in [0.15, 0.2) is 0 Å². The van der Waals surface area contributed by atoms with E-state index in [0.29, 0.717) is 16.1 Å². The van der Waals surface area contributed by atoms with Gasteiger partial charge in [0.2, 0.25) is 5.91 Å². The van der Waals surface area contributed by atoms with Crippen molar-refractivity contribution in [2.45, 2.75) is 26.3 Å². The molecule has 0 bridgehead atoms. The quantitative estimate of drug-likeness (QED) is 0.751. The van der Waals surface area contributed by atoms with Crippen LogP contribution in [0.2, 0.25) is 5.02 Å². The number of rotatable bonds is 7. The number of nitrogens with one attached hydrogen (secondary N) is 2. The molecule has 27 heavy (non-hydrogen) atoms. The lowest BCUT2D eigenvalue weighted by molar-refractivity contribution is -0.123. The molecule has 0 spiro atoms. The van der Waals surface area contributed by atoms with E-state index in [1.165, 1.54) is 12.1 Å². The van der Waals surface area contributed by atoms with Crippen molar-refractivity contribution in [1.29, 1.82) is 0 Å². The molecule has 2 aromatic carbocycles. The summed E-state index contributed by atoms with van der Waals surface area (Å²) in [7, 11) is 0. The van der Waals surface area contributed by atoms with Gasteiger partial charge in [0.05, 0.1) is 0 Å². The minimum Gasteiger partial charge on any atom is -0.354 e. The van der Waals surface area contributed by atoms with Crippen molar-refractivity contribution in [2.75, 3.05) is 6.54 Å². The zero-order valence-corrected chi connectivity index (χ0v) is 15.8. The van der Waals surface area contributed by atoms with E-state index in [9.17, 15) is 18.4 Å². The normalized spacial score (nSPS) is 11.9. The Morgan fingerprint density at radius 1 is 1.04 bits per heavy atom. The highest BCUT2D eigenvalue weighted by atomic mass is 35.5. The van der Waals surface area contributed by atoms with E-state index in [-0.39, 0.29) is 30.7 Å². The molecule has 0 aromatic heterocycles. The number of benzene rings is 2. The topological polar surface area (TPSA) is 58.2 Å². The second kappa shape index (κ2) is 9.46. The Hall–Kier alpha value is -2.47. The summed E-state index contributed by atoms with van der Waals surface area (Å²) in [6, 6.07) is 8.84. The van der Waals surface area contributed by atoms with Crippen LogP contribution < -0.4 is 10.6 Å². The van der Waals surface area contributed by atoms with Crippen molar-refractivity contribution in [3.05, 3.63) is 70.2 Å². The van der Waals surface area contributed by atoms with Gasteiger partial charge in [-0.2, -0.15) is 0 Å². The average molecular weight is 395 g/mol. The molecule has 0 aliphatic rings. The van der Waals surface area contributed by atoms with Gasteiger partial charge in [-0.05, 0) is 54.3 Å². The fourth-order valence-electron chi connectivity index (χ4n) is 2.56. The monoisotopic (exact) mass is 394 g/mol. The predicted molar refractivity (Wildman–Crippen MR) is 101 cm³/mol. The maximum atomic E-state index is 13.2. The Morgan fingerprint density at radius 3 is 2.19 bits per heavy atom. The highest BCUT2D eigenvalue weighted by Crippen LogP contribution is 2.11. The minimum absolute atomic E-state index is 0.145. The Bertz CT molecular complexity index is 790. The smallest absolute Gasteiger partial charge is 0.251 e. The van der Waals surface area contributed by atoms with Crippen LogP contribution >= 0.6 is 11.6 Å². The van der Waals surface area contributed by atoms with Crippen LogP contribution in [0.1, 0.15) is 29.8 Å². The first-order chi connectivity index (χ1) is 12.8. The molecule has 2 aromatic rings. The standard InChI is InChI=1S/C20H21ClF2N2O2/c1-12(2)18(25-19(26)14-3-5-15(21)6-4-14)20(27)24-8-7-13-9-16(22)11-17(23)10-13/h3-6,9-12,18H,7-8H2,1-2H3,(H,24,27)(H,25,26). The van der Waals surface area contributed by atoms with Gasteiger partial charge in [-0.15, -0.1) is 0 Å². The highest BCUT2D eigenvalue weighted by Gasteiger charge is 2.24. The molecule has 0 saturated carbocycles. The number of hydrogen-bond acceptors (Lipinski definition) is 2. The Balaban J connectivity index is 1.94. The Kier molecular flexibility index (Phi) is 7.30. The molecular weight excluding hydrogens is 374 g/mol. The van der Waals surface area contributed by atoms with Crippen LogP contribution in [0, 0.1) is 17.6 Å². The first-order valence-electron chi connectivity index (χ1n) is 8.55. The molecule has 1 unspecified atom stereocenters. The molecule has 0 radical (unpaired) electrons. The van der Waals surface area contributed by atoms with Crippen LogP contribution in [0.25, 0.3) is 0 Å². The van der Waals surface area contributed by atoms with E-state index in [2.05, 4.69) is 10.6 Å². The van der Waals surface area contributed by atoms with Crippen LogP contribution in [0.4, 0.5) is 8.78 Å². The summed E-state index contributed by atoms with van der Waals surface area (Å²) in [5.41, 5.74) is 0.840. The predicted octanol–water partition coefficient (Wildman–Crippen LogP) is 3.73. The summed E-state index contributed by atoms with van der Waals surface area (Å²) in [5, 5.41) is 5.92. The lowest BCUT2D eigenvalue weighted by atomic mass is 10.0. The van der Waals surface area contributed by atoms with E-state index in [1.807, 2.05) is 13.8 Å². The molecule has 144 valence electrons. The molecule has 0 aliphatic carbocycles. The van der Waals surface area contributed by atoms with Crippen LogP contribution in [-0.4, -0.2) is 24.4 Å². The summed E-state index contributed by atoms with van der Waals surface area (Å²) in [6.07, 6.45) is 0.274. The number of amides is 2. The minimum atomic E-state index is -0.738. The van der Waals surface area contributed by atoms with Gasteiger partial charge in [0.1, 0.15) is 17.7 Å². The molecule has 2 amide bonds. The average Bonchev–Trinajstić information content (AvgIpc) is 2.58. The maximum Gasteiger partial charge on any atom is 0.251 e. The SMILES string of the molecule is CC(C)C(NC(=O)c1ccc(Cl)cc1)C(=O)NCCc1cc(F)cc(F)c1. The summed E-state index contributed by atoms with van der Waals surface area (Å²) in [6.45, 7) is 3.82. The molecular formula is C20H21ClF2N2O2. The molecule has 0 aliphatic heterocycles. The summed E-state index contributed by atoms with van der Waals surface area (Å²) in [5.74, 6) is -2.21. The molecule has 1 atom stereocenters. The third-order valence-electron chi connectivity index (χ3n) is 3.98. The van der Waals surface area contributed by atoms with Crippen LogP contribution in [0.3, 0.4) is 0 Å². The zero-order chi connectivity index (χ0) is 20.0. The van der Waals surface area contributed by atoms with Gasteiger partial charge in [-0.25, -0.2) is 8.78 Å². The third-order valence-corrected chi connectivity index (χ3v) is 4.23.